The highest BCUT2D eigenvalue weighted by Gasteiger charge is 1.96. The van der Waals surface area contributed by atoms with Gasteiger partial charge in [0.25, 0.3) is 0 Å². The van der Waals surface area contributed by atoms with Crippen molar-refractivity contribution >= 4 is 34.8 Å². The Labute approximate surface area is 95.3 Å². The van der Waals surface area contributed by atoms with Gasteiger partial charge < -0.3 is 16.6 Å². The van der Waals surface area contributed by atoms with Crippen LogP contribution in [0.2, 0.25) is 0 Å². The molecule has 0 heterocycles. The minimum absolute atomic E-state index is 0.116. The van der Waals surface area contributed by atoms with Gasteiger partial charge in [-0.3, -0.25) is 0 Å². The van der Waals surface area contributed by atoms with Gasteiger partial charge >= 0.3 is 5.97 Å². The van der Waals surface area contributed by atoms with Crippen LogP contribution in [0.15, 0.2) is 33.5 Å². The molecule has 1 aromatic rings. The second kappa shape index (κ2) is 7.13. The van der Waals surface area contributed by atoms with Gasteiger partial charge in [-0.25, -0.2) is 4.79 Å². The summed E-state index contributed by atoms with van der Waals surface area (Å²) in [5.41, 5.74) is 9.95. The maximum Gasteiger partial charge on any atom is 0.335 e. The monoisotopic (exact) mass is 307 g/mol. The van der Waals surface area contributed by atoms with Crippen molar-refractivity contribution in [2.45, 2.75) is 0 Å². The van der Waals surface area contributed by atoms with E-state index in [9.17, 15) is 4.79 Å². The fourth-order valence-electron chi connectivity index (χ4n) is 0.581. The second-order valence-electron chi connectivity index (χ2n) is 2.18. The van der Waals surface area contributed by atoms with Gasteiger partial charge in [0.1, 0.15) is 0 Å². The molecule has 0 unspecified atom stereocenters. The van der Waals surface area contributed by atoms with Gasteiger partial charge in [-0.1, -0.05) is 18.2 Å². The number of aromatic carboxylic acids is 1. The summed E-state index contributed by atoms with van der Waals surface area (Å²) >= 11 is 1.72. The summed E-state index contributed by atoms with van der Waals surface area (Å²) in [4.78, 5) is 10.2. The van der Waals surface area contributed by atoms with Crippen LogP contribution in [-0.4, -0.2) is 17.0 Å². The number of benzene rings is 1. The zero-order chi connectivity index (χ0) is 11.0. The van der Waals surface area contributed by atoms with E-state index in [4.69, 9.17) is 16.6 Å². The van der Waals surface area contributed by atoms with E-state index in [1.165, 1.54) is 0 Å². The molecule has 5 nitrogen and oxygen atoms in total. The highest BCUT2D eigenvalue weighted by atomic mass is 127. The van der Waals surface area contributed by atoms with E-state index in [1.54, 1.807) is 53.2 Å². The van der Waals surface area contributed by atoms with Crippen LogP contribution in [-0.2, 0) is 0 Å². The summed E-state index contributed by atoms with van der Waals surface area (Å²) in [6, 6.07) is 8.30. The van der Waals surface area contributed by atoms with E-state index in [-0.39, 0.29) is 5.96 Å². The van der Waals surface area contributed by atoms with E-state index in [0.717, 1.165) is 0 Å². The fraction of sp³-hybridized carbons (Fsp3) is 0. The Hall–Kier alpha value is -1.31. The lowest BCUT2D eigenvalue weighted by Gasteiger charge is -1.88. The topological polar surface area (TPSA) is 102 Å². The van der Waals surface area contributed by atoms with Crippen molar-refractivity contribution < 1.29 is 9.90 Å². The van der Waals surface area contributed by atoms with Crippen molar-refractivity contribution in [2.24, 2.45) is 14.7 Å². The molecule has 0 spiro atoms. The van der Waals surface area contributed by atoms with Crippen LogP contribution in [0.1, 0.15) is 10.4 Å². The number of hydrogen-bond acceptors (Lipinski definition) is 2. The first-order valence-corrected chi connectivity index (χ1v) is 4.52. The van der Waals surface area contributed by atoms with Crippen LogP contribution in [0.4, 0.5) is 0 Å². The Morgan fingerprint density at radius 3 is 1.93 bits per heavy atom. The number of halogens is 1. The first-order valence-electron chi connectivity index (χ1n) is 3.56. The van der Waals surface area contributed by atoms with E-state index in [2.05, 4.69) is 3.21 Å². The molecule has 1 aromatic carbocycles. The first-order chi connectivity index (χ1) is 6.57. The van der Waals surface area contributed by atoms with Crippen LogP contribution < -0.4 is 11.5 Å². The summed E-state index contributed by atoms with van der Waals surface area (Å²) in [5, 5.41) is 8.38. The first kappa shape index (κ1) is 12.7. The molecule has 0 bridgehead atoms. The van der Waals surface area contributed by atoms with Crippen molar-refractivity contribution in [1.82, 2.24) is 0 Å². The number of carbonyl (C=O) groups is 1. The molecule has 0 aromatic heterocycles. The molecule has 6 heteroatoms. The molecule has 0 aliphatic rings. The summed E-state index contributed by atoms with van der Waals surface area (Å²) in [6.45, 7) is 0. The number of carboxylic acid groups (broad SMARTS) is 1. The quantitative estimate of drug-likeness (QED) is 0.409. The van der Waals surface area contributed by atoms with Crippen LogP contribution in [0.5, 0.6) is 0 Å². The van der Waals surface area contributed by atoms with Gasteiger partial charge in [-0.15, -0.1) is 0 Å². The largest absolute Gasteiger partial charge is 0.478 e. The van der Waals surface area contributed by atoms with Crippen molar-refractivity contribution in [3.63, 3.8) is 0 Å². The number of carboxylic acids is 1. The van der Waals surface area contributed by atoms with Gasteiger partial charge in [0.15, 0.2) is 5.96 Å². The third kappa shape index (κ3) is 6.23. The van der Waals surface area contributed by atoms with Gasteiger partial charge in [0, 0.05) is 0 Å². The van der Waals surface area contributed by atoms with Gasteiger partial charge in [0.05, 0.1) is 28.4 Å². The molecule has 1 rings (SSSR count). The van der Waals surface area contributed by atoms with Crippen molar-refractivity contribution in [1.29, 1.82) is 0 Å². The summed E-state index contributed by atoms with van der Waals surface area (Å²) < 4.78 is 3.33. The SMILES string of the molecule is NC(N)=NI.O=C(O)c1ccccc1. The molecule has 14 heavy (non-hydrogen) atoms. The molecule has 0 aliphatic carbocycles. The second-order valence-corrected chi connectivity index (χ2v) is 2.66. The predicted octanol–water partition coefficient (Wildman–Crippen LogP) is 0.995. The Morgan fingerprint density at radius 1 is 1.29 bits per heavy atom. The molecule has 5 N–H and O–H groups in total. The number of hydrogen-bond donors (Lipinski definition) is 3. The van der Waals surface area contributed by atoms with Gasteiger partial charge in [-0.2, -0.15) is 3.21 Å². The van der Waals surface area contributed by atoms with Crippen LogP contribution in [0.3, 0.4) is 0 Å². The Balaban J connectivity index is 0.000000292. The molecular weight excluding hydrogens is 297 g/mol. The predicted molar refractivity (Wildman–Crippen MR) is 63.2 cm³/mol. The molecule has 0 aliphatic heterocycles. The lowest BCUT2D eigenvalue weighted by Crippen LogP contribution is -2.20. The van der Waals surface area contributed by atoms with Gasteiger partial charge in [-0.05, 0) is 12.1 Å². The molecule has 0 saturated heterocycles. The molecule has 0 fully saturated rings. The fourth-order valence-corrected chi connectivity index (χ4v) is 0.581. The molecule has 0 atom stereocenters. The van der Waals surface area contributed by atoms with E-state index in [0.29, 0.717) is 5.56 Å². The third-order valence-corrected chi connectivity index (χ3v) is 1.68. The van der Waals surface area contributed by atoms with Crippen molar-refractivity contribution in [3.05, 3.63) is 35.9 Å². The smallest absolute Gasteiger partial charge is 0.335 e. The van der Waals surface area contributed by atoms with Gasteiger partial charge in [0.2, 0.25) is 0 Å². The van der Waals surface area contributed by atoms with E-state index >= 15 is 0 Å². The maximum atomic E-state index is 10.2. The standard InChI is InChI=1S/C7H6O2.CH4IN3/c8-7(9)6-4-2-1-3-5-6;2-5-1(3)4/h1-5H,(H,8,9);(H4,3,4,5). The minimum Gasteiger partial charge on any atom is -0.478 e. The summed E-state index contributed by atoms with van der Waals surface area (Å²) in [5.74, 6) is -0.763. The molecule has 0 amide bonds. The van der Waals surface area contributed by atoms with Crippen LogP contribution in [0.25, 0.3) is 0 Å². The maximum absolute atomic E-state index is 10.2. The lowest BCUT2D eigenvalue weighted by molar-refractivity contribution is 0.0697. The number of nitrogens with two attached hydrogens (primary N) is 2. The molecule has 0 radical (unpaired) electrons. The summed E-state index contributed by atoms with van der Waals surface area (Å²) in [7, 11) is 0. The molecule has 76 valence electrons. The Bertz CT molecular complexity index is 310. The lowest BCUT2D eigenvalue weighted by atomic mass is 10.2. The third-order valence-electron chi connectivity index (χ3n) is 1.12. The highest BCUT2D eigenvalue weighted by molar-refractivity contribution is 14.1. The van der Waals surface area contributed by atoms with Crippen LogP contribution >= 0.6 is 22.9 Å². The average Bonchev–Trinajstić information content (AvgIpc) is 2.20. The molecule has 0 saturated carbocycles. The van der Waals surface area contributed by atoms with E-state index < -0.39 is 5.97 Å². The van der Waals surface area contributed by atoms with Crippen LogP contribution in [0, 0.1) is 0 Å². The summed E-state index contributed by atoms with van der Waals surface area (Å²) in [6.07, 6.45) is 0. The zero-order valence-electron chi connectivity index (χ0n) is 7.22. The number of nitrogens with zero attached hydrogens (tertiary/aromatic N) is 1. The average molecular weight is 307 g/mol. The molecular formula is C8H10IN3O2. The van der Waals surface area contributed by atoms with Crippen molar-refractivity contribution in [3.8, 4) is 0 Å². The number of guanidine groups is 1. The normalized spacial score (nSPS) is 8.07. The Kier molecular flexibility index (Phi) is 6.46. The zero-order valence-corrected chi connectivity index (χ0v) is 9.38. The van der Waals surface area contributed by atoms with E-state index in [1.807, 2.05) is 0 Å². The number of rotatable bonds is 1. The van der Waals surface area contributed by atoms with Crippen molar-refractivity contribution in [2.75, 3.05) is 0 Å². The Morgan fingerprint density at radius 2 is 1.71 bits per heavy atom. The highest BCUT2D eigenvalue weighted by Crippen LogP contribution is 1.96. The minimum atomic E-state index is -0.879.